The fourth-order valence-electron chi connectivity index (χ4n) is 1.61. The molecule has 0 radical (unpaired) electrons. The van der Waals surface area contributed by atoms with Crippen LogP contribution in [0.25, 0.3) is 0 Å². The van der Waals surface area contributed by atoms with E-state index in [1.807, 2.05) is 26.0 Å². The molecule has 3 heteroatoms. The van der Waals surface area contributed by atoms with E-state index in [1.165, 1.54) is 5.56 Å². The Morgan fingerprint density at radius 2 is 1.82 bits per heavy atom. The molecule has 0 fully saturated rings. The maximum Gasteiger partial charge on any atom is 0.118 e. The molecular weight excluding hydrogens is 216 g/mol. The van der Waals surface area contributed by atoms with Gasteiger partial charge in [0.2, 0.25) is 0 Å². The maximum atomic E-state index is 8.81. The molecule has 0 bridgehead atoms. The predicted molar refractivity (Wildman–Crippen MR) is 68.3 cm³/mol. The quantitative estimate of drug-likeness (QED) is 0.608. The molecule has 1 aromatic rings. The van der Waals surface area contributed by atoms with Crippen molar-refractivity contribution in [2.24, 2.45) is 5.92 Å². The summed E-state index contributed by atoms with van der Waals surface area (Å²) in [5.74, 6) is 1.16. The van der Waals surface area contributed by atoms with Gasteiger partial charge in [-0.15, -0.1) is 0 Å². The lowest BCUT2D eigenvalue weighted by atomic mass is 9.87. The van der Waals surface area contributed by atoms with Crippen LogP contribution in [0.5, 0.6) is 5.75 Å². The Morgan fingerprint density at radius 3 is 2.29 bits per heavy atom. The molecular formula is C14H22O3. The molecule has 0 aliphatic rings. The van der Waals surface area contributed by atoms with Crippen LogP contribution in [-0.4, -0.2) is 18.0 Å². The topological polar surface area (TPSA) is 38.7 Å². The monoisotopic (exact) mass is 238 g/mol. The van der Waals surface area contributed by atoms with E-state index in [-0.39, 0.29) is 5.92 Å². The molecule has 0 heterocycles. The molecule has 0 spiro atoms. The van der Waals surface area contributed by atoms with Crippen LogP contribution >= 0.6 is 0 Å². The first-order valence-electron chi connectivity index (χ1n) is 5.95. The normalized spacial score (nSPS) is 13.5. The minimum absolute atomic E-state index is 0.287. The standard InChI is InChI=1S/C14H22O3/c1-11(14(2,3)17-15)5-6-12-7-9-13(16-4)10-8-12/h7-11,15H,5-6H2,1-4H3. The van der Waals surface area contributed by atoms with Crippen molar-refractivity contribution in [1.82, 2.24) is 0 Å². The SMILES string of the molecule is COc1ccc(CCC(C)C(C)(C)OO)cc1. The summed E-state index contributed by atoms with van der Waals surface area (Å²) < 4.78 is 5.11. The van der Waals surface area contributed by atoms with Crippen LogP contribution in [-0.2, 0) is 11.3 Å². The zero-order valence-corrected chi connectivity index (χ0v) is 11.1. The number of methoxy groups -OCH3 is 1. The maximum absolute atomic E-state index is 8.81. The molecule has 3 nitrogen and oxygen atoms in total. The highest BCUT2D eigenvalue weighted by Crippen LogP contribution is 2.25. The molecule has 0 saturated carbocycles. The number of rotatable bonds is 6. The number of benzene rings is 1. The third kappa shape index (κ3) is 4.02. The molecule has 0 amide bonds. The molecule has 0 saturated heterocycles. The summed E-state index contributed by atoms with van der Waals surface area (Å²) in [5, 5.41) is 8.81. The van der Waals surface area contributed by atoms with Gasteiger partial charge in [-0.05, 0) is 50.3 Å². The van der Waals surface area contributed by atoms with Gasteiger partial charge in [-0.25, -0.2) is 4.89 Å². The highest BCUT2D eigenvalue weighted by Gasteiger charge is 2.26. The average molecular weight is 238 g/mol. The number of aryl methyl sites for hydroxylation is 1. The van der Waals surface area contributed by atoms with Crippen molar-refractivity contribution in [3.05, 3.63) is 29.8 Å². The second kappa shape index (κ2) is 6.03. The van der Waals surface area contributed by atoms with Gasteiger partial charge in [0.05, 0.1) is 7.11 Å². The second-order valence-electron chi connectivity index (χ2n) is 4.98. The van der Waals surface area contributed by atoms with E-state index in [0.717, 1.165) is 18.6 Å². The van der Waals surface area contributed by atoms with E-state index in [9.17, 15) is 0 Å². The first-order chi connectivity index (χ1) is 7.99. The molecule has 1 aromatic carbocycles. The van der Waals surface area contributed by atoms with E-state index >= 15 is 0 Å². The van der Waals surface area contributed by atoms with Crippen LogP contribution in [0.3, 0.4) is 0 Å². The lowest BCUT2D eigenvalue weighted by Gasteiger charge is -2.28. The zero-order chi connectivity index (χ0) is 12.9. The van der Waals surface area contributed by atoms with Crippen LogP contribution in [0.4, 0.5) is 0 Å². The third-order valence-corrected chi connectivity index (χ3v) is 3.45. The van der Waals surface area contributed by atoms with Gasteiger partial charge in [0.25, 0.3) is 0 Å². The molecule has 1 atom stereocenters. The fourth-order valence-corrected chi connectivity index (χ4v) is 1.61. The smallest absolute Gasteiger partial charge is 0.118 e. The number of hydrogen-bond acceptors (Lipinski definition) is 3. The lowest BCUT2D eigenvalue weighted by Crippen LogP contribution is -2.31. The van der Waals surface area contributed by atoms with Crippen LogP contribution in [0.1, 0.15) is 32.8 Å². The van der Waals surface area contributed by atoms with Crippen molar-refractivity contribution >= 4 is 0 Å². The van der Waals surface area contributed by atoms with Crippen molar-refractivity contribution in [2.45, 2.75) is 39.2 Å². The number of ether oxygens (including phenoxy) is 1. The van der Waals surface area contributed by atoms with Gasteiger partial charge in [-0.3, -0.25) is 5.26 Å². The van der Waals surface area contributed by atoms with Gasteiger partial charge in [0.1, 0.15) is 11.4 Å². The molecule has 96 valence electrons. The van der Waals surface area contributed by atoms with Gasteiger partial charge in [-0.2, -0.15) is 0 Å². The summed E-state index contributed by atoms with van der Waals surface area (Å²) in [4.78, 5) is 4.50. The van der Waals surface area contributed by atoms with Crippen molar-refractivity contribution in [3.8, 4) is 5.75 Å². The van der Waals surface area contributed by atoms with E-state index in [0.29, 0.717) is 0 Å². The molecule has 1 unspecified atom stereocenters. The van der Waals surface area contributed by atoms with Crippen LogP contribution in [0.15, 0.2) is 24.3 Å². The van der Waals surface area contributed by atoms with Gasteiger partial charge >= 0.3 is 0 Å². The largest absolute Gasteiger partial charge is 0.497 e. The molecule has 0 aromatic heterocycles. The van der Waals surface area contributed by atoms with E-state index in [2.05, 4.69) is 23.9 Å². The molecule has 1 rings (SSSR count). The fraction of sp³-hybridized carbons (Fsp3) is 0.571. The minimum Gasteiger partial charge on any atom is -0.497 e. The van der Waals surface area contributed by atoms with Crippen molar-refractivity contribution in [3.63, 3.8) is 0 Å². The van der Waals surface area contributed by atoms with Crippen molar-refractivity contribution < 1.29 is 14.9 Å². The highest BCUT2D eigenvalue weighted by atomic mass is 17.1. The molecule has 17 heavy (non-hydrogen) atoms. The van der Waals surface area contributed by atoms with Crippen molar-refractivity contribution in [2.75, 3.05) is 7.11 Å². The summed E-state index contributed by atoms with van der Waals surface area (Å²) in [7, 11) is 1.66. The summed E-state index contributed by atoms with van der Waals surface area (Å²) in [6.45, 7) is 5.87. The Morgan fingerprint density at radius 1 is 1.24 bits per heavy atom. The van der Waals surface area contributed by atoms with E-state index in [4.69, 9.17) is 9.99 Å². The Bertz CT molecular complexity index is 330. The molecule has 0 aliphatic carbocycles. The van der Waals surface area contributed by atoms with Gasteiger partial charge in [-0.1, -0.05) is 19.1 Å². The Balaban J connectivity index is 2.50. The van der Waals surface area contributed by atoms with Gasteiger partial charge in [0.15, 0.2) is 0 Å². The van der Waals surface area contributed by atoms with E-state index in [1.54, 1.807) is 7.11 Å². The zero-order valence-electron chi connectivity index (χ0n) is 11.1. The summed E-state index contributed by atoms with van der Waals surface area (Å²) in [5.41, 5.74) is 0.776. The van der Waals surface area contributed by atoms with E-state index < -0.39 is 5.60 Å². The highest BCUT2D eigenvalue weighted by molar-refractivity contribution is 5.27. The molecule has 0 aliphatic heterocycles. The summed E-state index contributed by atoms with van der Waals surface area (Å²) >= 11 is 0. The van der Waals surface area contributed by atoms with Crippen molar-refractivity contribution in [1.29, 1.82) is 0 Å². The lowest BCUT2D eigenvalue weighted by molar-refractivity contribution is -0.325. The van der Waals surface area contributed by atoms with Crippen LogP contribution in [0, 0.1) is 5.92 Å². The first kappa shape index (κ1) is 14.0. The average Bonchev–Trinajstić information content (AvgIpc) is 2.36. The van der Waals surface area contributed by atoms with Crippen LogP contribution in [0.2, 0.25) is 0 Å². The molecule has 1 N–H and O–H groups in total. The second-order valence-corrected chi connectivity index (χ2v) is 4.98. The predicted octanol–water partition coefficient (Wildman–Crippen LogP) is 3.53. The minimum atomic E-state index is -0.494. The third-order valence-electron chi connectivity index (χ3n) is 3.45. The Hall–Kier alpha value is -1.06. The Kier molecular flexibility index (Phi) is 4.97. The van der Waals surface area contributed by atoms with Gasteiger partial charge < -0.3 is 4.74 Å². The number of hydrogen-bond donors (Lipinski definition) is 1. The first-order valence-corrected chi connectivity index (χ1v) is 5.95. The Labute approximate surface area is 103 Å². The van der Waals surface area contributed by atoms with Gasteiger partial charge in [0, 0.05) is 0 Å². The summed E-state index contributed by atoms with van der Waals surface area (Å²) in [6.07, 6.45) is 1.94. The summed E-state index contributed by atoms with van der Waals surface area (Å²) in [6, 6.07) is 8.07. The van der Waals surface area contributed by atoms with Crippen LogP contribution < -0.4 is 4.74 Å².